The van der Waals surface area contributed by atoms with Gasteiger partial charge in [0.1, 0.15) is 12.6 Å². The van der Waals surface area contributed by atoms with Gasteiger partial charge in [0, 0.05) is 18.1 Å². The predicted octanol–water partition coefficient (Wildman–Crippen LogP) is 6.15. The minimum Gasteiger partial charge on any atom is -0.354 e. The van der Waals surface area contributed by atoms with Crippen LogP contribution in [0.5, 0.6) is 0 Å². The van der Waals surface area contributed by atoms with Gasteiger partial charge in [-0.25, -0.2) is 8.42 Å². The monoisotopic (exact) mass is 629 g/mol. The molecule has 41 heavy (non-hydrogen) atoms. The number of carbonyl (C=O) groups is 2. The van der Waals surface area contributed by atoms with Crippen LogP contribution >= 0.6 is 23.2 Å². The molecule has 0 spiro atoms. The van der Waals surface area contributed by atoms with E-state index < -0.39 is 56.9 Å². The van der Waals surface area contributed by atoms with Gasteiger partial charge in [-0.1, -0.05) is 60.5 Å². The van der Waals surface area contributed by atoms with Crippen LogP contribution < -0.4 is 9.62 Å². The van der Waals surface area contributed by atoms with Gasteiger partial charge in [0.2, 0.25) is 11.8 Å². The number of rotatable bonds is 11. The molecule has 0 aliphatic rings. The van der Waals surface area contributed by atoms with Gasteiger partial charge in [-0.2, -0.15) is 13.2 Å². The smallest absolute Gasteiger partial charge is 0.354 e. The number of amides is 2. The molecular weight excluding hydrogens is 602 g/mol. The fraction of sp³-hybridized carbons (Fsp3) is 0.286. The number of halogens is 5. The second-order valence-electron chi connectivity index (χ2n) is 9.11. The van der Waals surface area contributed by atoms with E-state index in [0.717, 1.165) is 17.0 Å². The van der Waals surface area contributed by atoms with Gasteiger partial charge < -0.3 is 10.2 Å². The molecule has 0 saturated heterocycles. The molecule has 0 aliphatic carbocycles. The molecule has 1 atom stereocenters. The summed E-state index contributed by atoms with van der Waals surface area (Å²) in [6.07, 6.45) is -4.24. The van der Waals surface area contributed by atoms with Gasteiger partial charge >= 0.3 is 6.18 Å². The fourth-order valence-corrected chi connectivity index (χ4v) is 5.81. The van der Waals surface area contributed by atoms with Crippen molar-refractivity contribution in [3.63, 3.8) is 0 Å². The first-order valence-electron chi connectivity index (χ1n) is 12.5. The van der Waals surface area contributed by atoms with Crippen molar-refractivity contribution in [1.82, 2.24) is 10.2 Å². The van der Waals surface area contributed by atoms with E-state index in [0.29, 0.717) is 33.9 Å². The molecule has 3 aromatic carbocycles. The van der Waals surface area contributed by atoms with Crippen molar-refractivity contribution in [2.45, 2.75) is 43.9 Å². The van der Waals surface area contributed by atoms with E-state index in [1.165, 1.54) is 31.2 Å². The molecule has 0 saturated carbocycles. The van der Waals surface area contributed by atoms with E-state index in [1.807, 2.05) is 6.92 Å². The Morgan fingerprint density at radius 2 is 1.66 bits per heavy atom. The number of anilines is 1. The highest BCUT2D eigenvalue weighted by Crippen LogP contribution is 2.38. The van der Waals surface area contributed by atoms with Crippen molar-refractivity contribution >= 4 is 50.7 Å². The molecule has 1 N–H and O–H groups in total. The van der Waals surface area contributed by atoms with Crippen molar-refractivity contribution < 1.29 is 31.2 Å². The molecule has 220 valence electrons. The summed E-state index contributed by atoms with van der Waals surface area (Å²) < 4.78 is 69.1. The van der Waals surface area contributed by atoms with Crippen LogP contribution in [0, 0.1) is 0 Å². The van der Waals surface area contributed by atoms with Crippen LogP contribution in [0.15, 0.2) is 77.7 Å². The zero-order valence-electron chi connectivity index (χ0n) is 22.2. The van der Waals surface area contributed by atoms with E-state index in [-0.39, 0.29) is 11.4 Å². The number of sulfonamides is 1. The number of alkyl halides is 3. The maximum atomic E-state index is 13.8. The Bertz CT molecular complexity index is 1490. The van der Waals surface area contributed by atoms with Gasteiger partial charge in [0.05, 0.1) is 21.2 Å². The molecule has 13 heteroatoms. The second kappa shape index (κ2) is 13.6. The molecular formula is C28H28Cl2F3N3O4S. The molecule has 7 nitrogen and oxygen atoms in total. The summed E-state index contributed by atoms with van der Waals surface area (Å²) in [5.41, 5.74) is -1.13. The molecule has 0 aliphatic heterocycles. The number of benzene rings is 3. The Kier molecular flexibility index (Phi) is 10.7. The normalized spacial score (nSPS) is 12.5. The molecule has 2 amide bonds. The Morgan fingerprint density at radius 1 is 0.976 bits per heavy atom. The highest BCUT2D eigenvalue weighted by atomic mass is 35.5. The Morgan fingerprint density at radius 3 is 2.27 bits per heavy atom. The quantitative estimate of drug-likeness (QED) is 0.276. The molecule has 0 fully saturated rings. The lowest BCUT2D eigenvalue weighted by molar-refractivity contribution is -0.139. The molecule has 0 heterocycles. The largest absolute Gasteiger partial charge is 0.417 e. The van der Waals surface area contributed by atoms with E-state index in [4.69, 9.17) is 23.2 Å². The zero-order chi connectivity index (χ0) is 30.4. The first-order chi connectivity index (χ1) is 19.3. The van der Waals surface area contributed by atoms with Crippen molar-refractivity contribution in [2.24, 2.45) is 0 Å². The number of nitrogens with one attached hydrogen (secondary N) is 1. The predicted molar refractivity (Wildman–Crippen MR) is 152 cm³/mol. The summed E-state index contributed by atoms with van der Waals surface area (Å²) in [5, 5.41) is 2.46. The lowest BCUT2D eigenvalue weighted by atomic mass is 10.1. The summed E-state index contributed by atoms with van der Waals surface area (Å²) in [6, 6.07) is 15.1. The molecule has 1 unspecified atom stereocenters. The number of carbonyl (C=O) groups excluding carboxylic acids is 2. The van der Waals surface area contributed by atoms with Crippen LogP contribution in [0.3, 0.4) is 0 Å². The Hall–Kier alpha value is -3.28. The van der Waals surface area contributed by atoms with Gasteiger partial charge in [-0.3, -0.25) is 13.9 Å². The van der Waals surface area contributed by atoms with E-state index in [2.05, 4.69) is 5.32 Å². The van der Waals surface area contributed by atoms with Gasteiger partial charge in [-0.15, -0.1) is 0 Å². The van der Waals surface area contributed by atoms with Crippen molar-refractivity contribution in [1.29, 1.82) is 0 Å². The first-order valence-corrected chi connectivity index (χ1v) is 14.7. The van der Waals surface area contributed by atoms with Gasteiger partial charge in [-0.05, 0) is 61.4 Å². The zero-order valence-corrected chi connectivity index (χ0v) is 24.5. The highest BCUT2D eigenvalue weighted by molar-refractivity contribution is 7.92. The fourth-order valence-electron chi connectivity index (χ4n) is 3.94. The number of hydrogen-bond acceptors (Lipinski definition) is 4. The lowest BCUT2D eigenvalue weighted by Gasteiger charge is -2.32. The molecule has 3 rings (SSSR count). The minimum absolute atomic E-state index is 0.117. The van der Waals surface area contributed by atoms with Crippen LogP contribution in [-0.2, 0) is 32.3 Å². The third-order valence-corrected chi connectivity index (χ3v) is 8.46. The number of hydrogen-bond donors (Lipinski definition) is 1. The molecule has 0 bridgehead atoms. The average Bonchev–Trinajstić information content (AvgIpc) is 2.93. The van der Waals surface area contributed by atoms with Crippen LogP contribution in [0.1, 0.15) is 31.4 Å². The van der Waals surface area contributed by atoms with E-state index in [1.54, 1.807) is 30.3 Å². The van der Waals surface area contributed by atoms with E-state index in [9.17, 15) is 31.2 Å². The first kappa shape index (κ1) is 32.2. The topological polar surface area (TPSA) is 86.8 Å². The Labute approximate surface area is 246 Å². The maximum Gasteiger partial charge on any atom is 0.417 e. The summed E-state index contributed by atoms with van der Waals surface area (Å²) in [4.78, 5) is 27.6. The Balaban J connectivity index is 2.10. The van der Waals surface area contributed by atoms with Crippen LogP contribution in [0.25, 0.3) is 0 Å². The summed E-state index contributed by atoms with van der Waals surface area (Å²) in [6.45, 7) is 2.67. The molecule has 0 aromatic heterocycles. The molecule has 0 radical (unpaired) electrons. The lowest BCUT2D eigenvalue weighted by Crippen LogP contribution is -2.51. The standard InChI is InChI=1S/C28H28Cl2F3N3O4S/c1-3-14-34-27(38)19(2)35(17-20-8-7-9-21(29)15-20)26(37)18-36(41(39,40)23-10-5-4-6-11-23)22-12-13-25(30)24(16-22)28(31,32)33/h4-13,15-16,19H,3,14,17-18H2,1-2H3,(H,34,38). The highest BCUT2D eigenvalue weighted by Gasteiger charge is 2.37. The van der Waals surface area contributed by atoms with E-state index >= 15 is 0 Å². The average molecular weight is 631 g/mol. The van der Waals surface area contributed by atoms with Crippen LogP contribution in [-0.4, -0.2) is 44.3 Å². The summed E-state index contributed by atoms with van der Waals surface area (Å²) in [5.74, 6) is -1.31. The maximum absolute atomic E-state index is 13.8. The van der Waals surface area contributed by atoms with Crippen LogP contribution in [0.2, 0.25) is 10.0 Å². The molecule has 3 aromatic rings. The number of nitrogens with zero attached hydrogens (tertiary/aromatic N) is 2. The minimum atomic E-state index is -4.89. The van der Waals surface area contributed by atoms with Crippen molar-refractivity contribution in [3.8, 4) is 0 Å². The third kappa shape index (κ3) is 8.15. The third-order valence-electron chi connectivity index (χ3n) is 6.11. The van der Waals surface area contributed by atoms with Gasteiger partial charge in [0.25, 0.3) is 10.0 Å². The SMILES string of the molecule is CCCNC(=O)C(C)N(Cc1cccc(Cl)c1)C(=O)CN(c1ccc(Cl)c(C(F)(F)F)c1)S(=O)(=O)c1ccccc1. The van der Waals surface area contributed by atoms with Crippen molar-refractivity contribution in [2.75, 3.05) is 17.4 Å². The van der Waals surface area contributed by atoms with Gasteiger partial charge in [0.15, 0.2) is 0 Å². The van der Waals surface area contributed by atoms with Crippen molar-refractivity contribution in [3.05, 3.63) is 94.0 Å². The second-order valence-corrected chi connectivity index (χ2v) is 11.8. The van der Waals surface area contributed by atoms with Crippen LogP contribution in [0.4, 0.5) is 18.9 Å². The summed E-state index contributed by atoms with van der Waals surface area (Å²) in [7, 11) is -4.54. The summed E-state index contributed by atoms with van der Waals surface area (Å²) >= 11 is 11.9.